The van der Waals surface area contributed by atoms with E-state index in [4.69, 9.17) is 9.47 Å². The van der Waals surface area contributed by atoms with Crippen LogP contribution in [0.15, 0.2) is 42.5 Å². The Morgan fingerprint density at radius 2 is 1.59 bits per heavy atom. The summed E-state index contributed by atoms with van der Waals surface area (Å²) in [6.45, 7) is 7.30. The molecule has 0 saturated carbocycles. The van der Waals surface area contributed by atoms with Crippen LogP contribution in [0.5, 0.6) is 5.75 Å². The zero-order valence-electron chi connectivity index (χ0n) is 16.4. The second kappa shape index (κ2) is 9.76. The molecule has 1 unspecified atom stereocenters. The number of hydrogen-bond donors (Lipinski definition) is 1. The van der Waals surface area contributed by atoms with Gasteiger partial charge in [-0.25, -0.2) is 4.79 Å². The minimum atomic E-state index is -0.797. The van der Waals surface area contributed by atoms with E-state index in [1.54, 1.807) is 19.1 Å². The summed E-state index contributed by atoms with van der Waals surface area (Å²) in [5, 5.41) is 2.87. The zero-order chi connectivity index (χ0) is 19.8. The normalized spacial score (nSPS) is 11.6. The molecule has 0 fully saturated rings. The van der Waals surface area contributed by atoms with Crippen LogP contribution in [0.3, 0.4) is 0 Å². The van der Waals surface area contributed by atoms with Gasteiger partial charge in [0.05, 0.1) is 0 Å². The van der Waals surface area contributed by atoms with E-state index in [2.05, 4.69) is 5.32 Å². The molecule has 2 aromatic carbocycles. The third kappa shape index (κ3) is 5.84. The minimum Gasteiger partial charge on any atom is -0.479 e. The molecule has 0 aliphatic heterocycles. The SMILES string of the molecule is CCc1cccc(CC)c1NC(=O)COC(=O)C(C)Oc1ccc(C)cc1. The summed E-state index contributed by atoms with van der Waals surface area (Å²) in [6.07, 6.45) is 0.824. The van der Waals surface area contributed by atoms with Crippen LogP contribution in [-0.4, -0.2) is 24.6 Å². The van der Waals surface area contributed by atoms with Gasteiger partial charge in [0.2, 0.25) is 0 Å². The second-order valence-electron chi connectivity index (χ2n) is 6.39. The van der Waals surface area contributed by atoms with E-state index in [9.17, 15) is 9.59 Å². The van der Waals surface area contributed by atoms with Gasteiger partial charge in [-0.05, 0) is 49.9 Å². The van der Waals surface area contributed by atoms with Crippen molar-refractivity contribution < 1.29 is 19.1 Å². The van der Waals surface area contributed by atoms with Gasteiger partial charge >= 0.3 is 5.97 Å². The summed E-state index contributed by atoms with van der Waals surface area (Å²) in [4.78, 5) is 24.3. The summed E-state index contributed by atoms with van der Waals surface area (Å²) < 4.78 is 10.7. The summed E-state index contributed by atoms with van der Waals surface area (Å²) in [5.74, 6) is -0.356. The standard InChI is InChI=1S/C22H27NO4/c1-5-17-8-7-9-18(6-2)21(17)23-20(24)14-26-22(25)16(4)27-19-12-10-15(3)11-13-19/h7-13,16H,5-6,14H2,1-4H3,(H,23,24). The summed E-state index contributed by atoms with van der Waals surface area (Å²) in [5.41, 5.74) is 4.04. The number of esters is 1. The van der Waals surface area contributed by atoms with Crippen LogP contribution in [0.2, 0.25) is 0 Å². The molecule has 0 saturated heterocycles. The molecule has 0 radical (unpaired) electrons. The van der Waals surface area contributed by atoms with Crippen molar-refractivity contribution in [2.24, 2.45) is 0 Å². The highest BCUT2D eigenvalue weighted by Gasteiger charge is 2.18. The molecule has 5 heteroatoms. The van der Waals surface area contributed by atoms with Crippen molar-refractivity contribution in [1.29, 1.82) is 0 Å². The number of carbonyl (C=O) groups excluding carboxylic acids is 2. The van der Waals surface area contributed by atoms with E-state index >= 15 is 0 Å². The van der Waals surface area contributed by atoms with E-state index in [0.29, 0.717) is 5.75 Å². The van der Waals surface area contributed by atoms with Gasteiger partial charge < -0.3 is 14.8 Å². The van der Waals surface area contributed by atoms with Crippen LogP contribution in [0.1, 0.15) is 37.5 Å². The number of rotatable bonds is 8. The Morgan fingerprint density at radius 3 is 2.15 bits per heavy atom. The molecule has 0 aliphatic carbocycles. The fourth-order valence-electron chi connectivity index (χ4n) is 2.70. The molecule has 1 N–H and O–H groups in total. The van der Waals surface area contributed by atoms with Crippen molar-refractivity contribution >= 4 is 17.6 Å². The maximum atomic E-state index is 12.2. The smallest absolute Gasteiger partial charge is 0.347 e. The number of carbonyl (C=O) groups is 2. The molecule has 2 aromatic rings. The van der Waals surface area contributed by atoms with Crippen molar-refractivity contribution in [3.63, 3.8) is 0 Å². The van der Waals surface area contributed by atoms with Crippen LogP contribution in [0, 0.1) is 6.92 Å². The lowest BCUT2D eigenvalue weighted by molar-refractivity contribution is -0.153. The first-order valence-electron chi connectivity index (χ1n) is 9.25. The first kappa shape index (κ1) is 20.5. The third-order valence-electron chi connectivity index (χ3n) is 4.27. The first-order valence-corrected chi connectivity index (χ1v) is 9.25. The second-order valence-corrected chi connectivity index (χ2v) is 6.39. The van der Waals surface area contributed by atoms with Crippen molar-refractivity contribution in [2.75, 3.05) is 11.9 Å². The summed E-state index contributed by atoms with van der Waals surface area (Å²) in [6, 6.07) is 13.3. The number of hydrogen-bond acceptors (Lipinski definition) is 4. The molecule has 144 valence electrons. The number of benzene rings is 2. The lowest BCUT2D eigenvalue weighted by Gasteiger charge is -2.16. The molecule has 27 heavy (non-hydrogen) atoms. The number of amides is 1. The van der Waals surface area contributed by atoms with Gasteiger partial charge in [0.15, 0.2) is 12.7 Å². The van der Waals surface area contributed by atoms with Crippen LogP contribution in [0.4, 0.5) is 5.69 Å². The highest BCUT2D eigenvalue weighted by molar-refractivity contribution is 5.94. The van der Waals surface area contributed by atoms with Gasteiger partial charge in [-0.15, -0.1) is 0 Å². The third-order valence-corrected chi connectivity index (χ3v) is 4.27. The van der Waals surface area contributed by atoms with Crippen molar-refractivity contribution in [3.8, 4) is 5.75 Å². The fraction of sp³-hybridized carbons (Fsp3) is 0.364. The number of nitrogens with one attached hydrogen (secondary N) is 1. The number of aryl methyl sites for hydroxylation is 3. The average molecular weight is 369 g/mol. The molecule has 0 bridgehead atoms. The van der Waals surface area contributed by atoms with E-state index < -0.39 is 12.1 Å². The maximum absolute atomic E-state index is 12.2. The van der Waals surface area contributed by atoms with Crippen LogP contribution >= 0.6 is 0 Å². The molecular weight excluding hydrogens is 342 g/mol. The van der Waals surface area contributed by atoms with E-state index in [0.717, 1.165) is 35.2 Å². The highest BCUT2D eigenvalue weighted by atomic mass is 16.6. The van der Waals surface area contributed by atoms with Crippen molar-refractivity contribution in [3.05, 3.63) is 59.2 Å². The molecule has 0 heterocycles. The summed E-state index contributed by atoms with van der Waals surface area (Å²) >= 11 is 0. The molecule has 0 aliphatic rings. The lowest BCUT2D eigenvalue weighted by Crippen LogP contribution is -2.30. The average Bonchev–Trinajstić information content (AvgIpc) is 2.67. The number of anilines is 1. The molecule has 1 atom stereocenters. The first-order chi connectivity index (χ1) is 12.9. The fourth-order valence-corrected chi connectivity index (χ4v) is 2.70. The van der Waals surface area contributed by atoms with Gasteiger partial charge in [0.1, 0.15) is 5.75 Å². The predicted octanol–water partition coefficient (Wildman–Crippen LogP) is 4.07. The summed E-state index contributed by atoms with van der Waals surface area (Å²) in [7, 11) is 0. The largest absolute Gasteiger partial charge is 0.479 e. The van der Waals surface area contributed by atoms with Gasteiger partial charge in [-0.2, -0.15) is 0 Å². The molecule has 5 nitrogen and oxygen atoms in total. The quantitative estimate of drug-likeness (QED) is 0.713. The van der Waals surface area contributed by atoms with Crippen LogP contribution in [0.25, 0.3) is 0 Å². The number of para-hydroxylation sites is 1. The lowest BCUT2D eigenvalue weighted by atomic mass is 10.0. The van der Waals surface area contributed by atoms with Crippen molar-refractivity contribution in [2.45, 2.75) is 46.6 Å². The van der Waals surface area contributed by atoms with Gasteiger partial charge in [0.25, 0.3) is 5.91 Å². The van der Waals surface area contributed by atoms with Gasteiger partial charge in [-0.3, -0.25) is 4.79 Å². The predicted molar refractivity (Wildman–Crippen MR) is 106 cm³/mol. The van der Waals surface area contributed by atoms with Crippen LogP contribution in [-0.2, 0) is 27.2 Å². The monoisotopic (exact) mass is 369 g/mol. The molecule has 2 rings (SSSR count). The zero-order valence-corrected chi connectivity index (χ0v) is 16.4. The highest BCUT2D eigenvalue weighted by Crippen LogP contribution is 2.22. The topological polar surface area (TPSA) is 64.6 Å². The molecule has 0 spiro atoms. The minimum absolute atomic E-state index is 0.346. The van der Waals surface area contributed by atoms with E-state index in [1.807, 2.05) is 51.1 Å². The molecule has 1 amide bonds. The molecule has 0 aromatic heterocycles. The van der Waals surface area contributed by atoms with E-state index in [1.165, 1.54) is 0 Å². The Morgan fingerprint density at radius 1 is 1.00 bits per heavy atom. The Kier molecular flexibility index (Phi) is 7.41. The van der Waals surface area contributed by atoms with E-state index in [-0.39, 0.29) is 12.5 Å². The van der Waals surface area contributed by atoms with Crippen LogP contribution < -0.4 is 10.1 Å². The Bertz CT molecular complexity index is 761. The number of ether oxygens (including phenoxy) is 2. The Labute approximate surface area is 160 Å². The van der Waals surface area contributed by atoms with Gasteiger partial charge in [0, 0.05) is 5.69 Å². The van der Waals surface area contributed by atoms with Gasteiger partial charge in [-0.1, -0.05) is 49.7 Å². The Balaban J connectivity index is 1.89. The maximum Gasteiger partial charge on any atom is 0.347 e. The Hall–Kier alpha value is -2.82. The van der Waals surface area contributed by atoms with Crippen molar-refractivity contribution in [1.82, 2.24) is 0 Å². The molecular formula is C22H27NO4.